The van der Waals surface area contributed by atoms with E-state index in [-0.39, 0.29) is 5.91 Å². The largest absolute Gasteiger partial charge is 0.325 e. The summed E-state index contributed by atoms with van der Waals surface area (Å²) < 4.78 is 0. The Labute approximate surface area is 160 Å². The third kappa shape index (κ3) is 5.56. The lowest BCUT2D eigenvalue weighted by Crippen LogP contribution is -2.49. The highest BCUT2D eigenvalue weighted by Crippen LogP contribution is 2.20. The van der Waals surface area contributed by atoms with Crippen LogP contribution in [0.15, 0.2) is 48.5 Å². The summed E-state index contributed by atoms with van der Waals surface area (Å²) in [6.07, 6.45) is 1.08. The van der Waals surface area contributed by atoms with Gasteiger partial charge in [0, 0.05) is 43.4 Å². The van der Waals surface area contributed by atoms with Gasteiger partial charge in [-0.2, -0.15) is 0 Å². The number of anilines is 1. The SMILES string of the molecule is Cc1ccc(Cl)cc1NC(=O)CN1CCN(CCc2ccccc2)CC1. The highest BCUT2D eigenvalue weighted by atomic mass is 35.5. The van der Waals surface area contributed by atoms with Gasteiger partial charge in [-0.15, -0.1) is 0 Å². The summed E-state index contributed by atoms with van der Waals surface area (Å²) in [7, 11) is 0. The normalized spacial score (nSPS) is 15.8. The van der Waals surface area contributed by atoms with Gasteiger partial charge in [0.1, 0.15) is 0 Å². The fraction of sp³-hybridized carbons (Fsp3) is 0.381. The van der Waals surface area contributed by atoms with Crippen LogP contribution in [0.3, 0.4) is 0 Å². The van der Waals surface area contributed by atoms with Gasteiger partial charge in [0.2, 0.25) is 5.91 Å². The molecule has 138 valence electrons. The van der Waals surface area contributed by atoms with Gasteiger partial charge in [0.05, 0.1) is 6.54 Å². The minimum atomic E-state index is 0.0214. The number of hydrogen-bond donors (Lipinski definition) is 1. The zero-order valence-electron chi connectivity index (χ0n) is 15.2. The molecule has 0 atom stereocenters. The van der Waals surface area contributed by atoms with Crippen molar-refractivity contribution in [2.75, 3.05) is 44.6 Å². The van der Waals surface area contributed by atoms with E-state index in [1.54, 1.807) is 6.07 Å². The van der Waals surface area contributed by atoms with Crippen LogP contribution in [-0.2, 0) is 11.2 Å². The lowest BCUT2D eigenvalue weighted by Gasteiger charge is -2.34. The van der Waals surface area contributed by atoms with E-state index in [9.17, 15) is 4.79 Å². The van der Waals surface area contributed by atoms with Crippen LogP contribution in [0, 0.1) is 6.92 Å². The molecule has 1 aliphatic heterocycles. The zero-order valence-corrected chi connectivity index (χ0v) is 16.0. The number of rotatable bonds is 6. The second-order valence-corrected chi connectivity index (χ2v) is 7.30. The number of aryl methyl sites for hydroxylation is 1. The van der Waals surface area contributed by atoms with Gasteiger partial charge in [0.15, 0.2) is 0 Å². The fourth-order valence-electron chi connectivity index (χ4n) is 3.22. The smallest absolute Gasteiger partial charge is 0.238 e. The maximum atomic E-state index is 12.3. The molecule has 0 bridgehead atoms. The molecule has 0 aliphatic carbocycles. The minimum Gasteiger partial charge on any atom is -0.325 e. The van der Waals surface area contributed by atoms with Crippen molar-refractivity contribution in [1.29, 1.82) is 0 Å². The van der Waals surface area contributed by atoms with Crippen molar-refractivity contribution >= 4 is 23.2 Å². The Kier molecular flexibility index (Phi) is 6.67. The molecule has 0 spiro atoms. The van der Waals surface area contributed by atoms with Gasteiger partial charge in [0.25, 0.3) is 0 Å². The summed E-state index contributed by atoms with van der Waals surface area (Å²) in [5.74, 6) is 0.0214. The summed E-state index contributed by atoms with van der Waals surface area (Å²) in [5, 5.41) is 3.61. The molecular weight excluding hydrogens is 346 g/mol. The van der Waals surface area contributed by atoms with Crippen LogP contribution >= 0.6 is 11.6 Å². The van der Waals surface area contributed by atoms with Crippen molar-refractivity contribution in [3.05, 3.63) is 64.7 Å². The number of carbonyl (C=O) groups is 1. The number of nitrogens with zero attached hydrogens (tertiary/aromatic N) is 2. The van der Waals surface area contributed by atoms with Gasteiger partial charge in [-0.1, -0.05) is 48.0 Å². The second kappa shape index (κ2) is 9.17. The maximum Gasteiger partial charge on any atom is 0.238 e. The van der Waals surface area contributed by atoms with Crippen molar-refractivity contribution in [3.8, 4) is 0 Å². The van der Waals surface area contributed by atoms with E-state index in [1.807, 2.05) is 19.1 Å². The van der Waals surface area contributed by atoms with E-state index >= 15 is 0 Å². The van der Waals surface area contributed by atoms with Gasteiger partial charge in [-0.3, -0.25) is 9.69 Å². The summed E-state index contributed by atoms with van der Waals surface area (Å²) in [5.41, 5.74) is 3.20. The molecule has 26 heavy (non-hydrogen) atoms. The first-order chi connectivity index (χ1) is 12.6. The van der Waals surface area contributed by atoms with E-state index in [4.69, 9.17) is 11.6 Å². The van der Waals surface area contributed by atoms with E-state index in [1.165, 1.54) is 5.56 Å². The molecule has 4 nitrogen and oxygen atoms in total. The fourth-order valence-corrected chi connectivity index (χ4v) is 3.40. The number of halogens is 1. The Bertz CT molecular complexity index is 727. The Morgan fingerprint density at radius 2 is 1.73 bits per heavy atom. The zero-order chi connectivity index (χ0) is 18.4. The third-order valence-corrected chi connectivity index (χ3v) is 5.10. The molecule has 1 N–H and O–H groups in total. The molecule has 0 radical (unpaired) electrons. The number of hydrogen-bond acceptors (Lipinski definition) is 3. The third-order valence-electron chi connectivity index (χ3n) is 4.87. The molecule has 1 heterocycles. The van der Waals surface area contributed by atoms with Gasteiger partial charge in [-0.05, 0) is 36.6 Å². The average molecular weight is 372 g/mol. The van der Waals surface area contributed by atoms with Crippen molar-refractivity contribution < 1.29 is 4.79 Å². The van der Waals surface area contributed by atoms with Crippen LogP contribution < -0.4 is 5.32 Å². The summed E-state index contributed by atoms with van der Waals surface area (Å²) in [6, 6.07) is 16.1. The summed E-state index contributed by atoms with van der Waals surface area (Å²) in [4.78, 5) is 17.0. The second-order valence-electron chi connectivity index (χ2n) is 6.86. The van der Waals surface area contributed by atoms with Crippen molar-refractivity contribution in [1.82, 2.24) is 9.80 Å². The first-order valence-electron chi connectivity index (χ1n) is 9.15. The summed E-state index contributed by atoms with van der Waals surface area (Å²) in [6.45, 7) is 7.35. The quantitative estimate of drug-likeness (QED) is 0.844. The standard InChI is InChI=1S/C21H26ClN3O/c1-17-7-8-19(22)15-20(17)23-21(26)16-25-13-11-24(12-14-25)10-9-18-5-3-2-4-6-18/h2-8,15H,9-14,16H2,1H3,(H,23,26). The predicted molar refractivity (Wildman–Crippen MR) is 108 cm³/mol. The van der Waals surface area contributed by atoms with Gasteiger partial charge >= 0.3 is 0 Å². The van der Waals surface area contributed by atoms with Crippen LogP contribution in [0.5, 0.6) is 0 Å². The van der Waals surface area contributed by atoms with Crippen molar-refractivity contribution in [2.45, 2.75) is 13.3 Å². The van der Waals surface area contributed by atoms with E-state index in [2.05, 4.69) is 45.4 Å². The predicted octanol–water partition coefficient (Wildman–Crippen LogP) is 3.45. The number of amides is 1. The lowest BCUT2D eigenvalue weighted by atomic mass is 10.1. The van der Waals surface area contributed by atoms with E-state index in [0.717, 1.165) is 50.4 Å². The molecule has 5 heteroatoms. The molecule has 2 aromatic carbocycles. The first kappa shape index (κ1) is 18.9. The molecular formula is C21H26ClN3O. The highest BCUT2D eigenvalue weighted by molar-refractivity contribution is 6.31. The average Bonchev–Trinajstić information content (AvgIpc) is 2.65. The van der Waals surface area contributed by atoms with Crippen LogP contribution in [0.25, 0.3) is 0 Å². The molecule has 1 saturated heterocycles. The molecule has 1 aliphatic rings. The summed E-state index contributed by atoms with van der Waals surface area (Å²) >= 11 is 6.01. The molecule has 1 fully saturated rings. The Morgan fingerprint density at radius 1 is 1.04 bits per heavy atom. The Morgan fingerprint density at radius 3 is 2.46 bits per heavy atom. The van der Waals surface area contributed by atoms with E-state index < -0.39 is 0 Å². The Balaban J connectivity index is 1.40. The highest BCUT2D eigenvalue weighted by Gasteiger charge is 2.19. The van der Waals surface area contributed by atoms with Gasteiger partial charge in [-0.25, -0.2) is 0 Å². The maximum absolute atomic E-state index is 12.3. The lowest BCUT2D eigenvalue weighted by molar-refractivity contribution is -0.117. The van der Waals surface area contributed by atoms with Crippen molar-refractivity contribution in [2.24, 2.45) is 0 Å². The van der Waals surface area contributed by atoms with Gasteiger partial charge < -0.3 is 10.2 Å². The molecule has 0 saturated carbocycles. The first-order valence-corrected chi connectivity index (χ1v) is 9.52. The topological polar surface area (TPSA) is 35.6 Å². The number of nitrogens with one attached hydrogen (secondary N) is 1. The van der Waals surface area contributed by atoms with Crippen molar-refractivity contribution in [3.63, 3.8) is 0 Å². The molecule has 3 rings (SSSR count). The molecule has 1 amide bonds. The Hall–Kier alpha value is -1.88. The molecule has 0 unspecified atom stereocenters. The molecule has 2 aromatic rings. The minimum absolute atomic E-state index is 0.0214. The van der Waals surface area contributed by atoms with Crippen LogP contribution in [0.4, 0.5) is 5.69 Å². The number of benzene rings is 2. The van der Waals surface area contributed by atoms with Crippen LogP contribution in [0.2, 0.25) is 5.02 Å². The number of piperazine rings is 1. The number of carbonyl (C=O) groups excluding carboxylic acids is 1. The van der Waals surface area contributed by atoms with E-state index in [0.29, 0.717) is 11.6 Å². The monoisotopic (exact) mass is 371 g/mol. The van der Waals surface area contributed by atoms with Crippen LogP contribution in [0.1, 0.15) is 11.1 Å². The van der Waals surface area contributed by atoms with Crippen LogP contribution in [-0.4, -0.2) is 55.0 Å². The molecule has 0 aromatic heterocycles.